The van der Waals surface area contributed by atoms with Crippen molar-refractivity contribution in [3.63, 3.8) is 0 Å². The lowest BCUT2D eigenvalue weighted by Gasteiger charge is -2.28. The third-order valence-electron chi connectivity index (χ3n) is 4.29. The lowest BCUT2D eigenvalue weighted by molar-refractivity contribution is -0.119. The zero-order chi connectivity index (χ0) is 19.2. The van der Waals surface area contributed by atoms with Gasteiger partial charge in [0, 0.05) is 24.3 Å². The van der Waals surface area contributed by atoms with E-state index in [1.165, 1.54) is 0 Å². The maximum absolute atomic E-state index is 12.1. The van der Waals surface area contributed by atoms with Crippen molar-refractivity contribution in [2.24, 2.45) is 10.2 Å². The van der Waals surface area contributed by atoms with Gasteiger partial charge in [-0.05, 0) is 61.7 Å². The average molecular weight is 361 g/mol. The molecule has 2 aromatic carbocycles. The van der Waals surface area contributed by atoms with Crippen molar-refractivity contribution in [2.75, 3.05) is 16.8 Å². The van der Waals surface area contributed by atoms with Crippen molar-refractivity contribution in [1.82, 2.24) is 0 Å². The lowest BCUT2D eigenvalue weighted by atomic mass is 10.1. The van der Waals surface area contributed by atoms with E-state index in [1.807, 2.05) is 19.1 Å². The molecule has 27 heavy (non-hydrogen) atoms. The summed E-state index contributed by atoms with van der Waals surface area (Å²) in [5.41, 5.74) is 3.23. The Morgan fingerprint density at radius 1 is 1.22 bits per heavy atom. The first-order valence-electron chi connectivity index (χ1n) is 8.71. The molecule has 0 atom stereocenters. The predicted octanol–water partition coefficient (Wildman–Crippen LogP) is 4.70. The molecule has 0 radical (unpaired) electrons. The summed E-state index contributed by atoms with van der Waals surface area (Å²) in [6, 6.07) is 13.3. The van der Waals surface area contributed by atoms with Crippen LogP contribution in [0.2, 0.25) is 0 Å². The normalized spacial score (nSPS) is 14.2. The Morgan fingerprint density at radius 2 is 2.07 bits per heavy atom. The highest BCUT2D eigenvalue weighted by atomic mass is 16.2. The van der Waals surface area contributed by atoms with Gasteiger partial charge < -0.3 is 10.2 Å². The van der Waals surface area contributed by atoms with Gasteiger partial charge in [0.1, 0.15) is 0 Å². The number of hydrogen-bond donors (Lipinski definition) is 1. The summed E-state index contributed by atoms with van der Waals surface area (Å²) < 4.78 is 0. The molecule has 136 valence electrons. The van der Waals surface area contributed by atoms with Gasteiger partial charge in [-0.2, -0.15) is 5.26 Å². The van der Waals surface area contributed by atoms with Crippen LogP contribution in [0.15, 0.2) is 52.7 Å². The van der Waals surface area contributed by atoms with E-state index in [-0.39, 0.29) is 5.91 Å². The maximum Gasteiger partial charge on any atom is 0.364 e. The average Bonchev–Trinajstić information content (AvgIpc) is 2.67. The first-order chi connectivity index (χ1) is 13.1. The van der Waals surface area contributed by atoms with Crippen LogP contribution in [0.1, 0.15) is 30.4 Å². The first-order valence-corrected chi connectivity index (χ1v) is 8.71. The smallest absolute Gasteiger partial charge is 0.312 e. The van der Waals surface area contributed by atoms with E-state index in [9.17, 15) is 9.59 Å². The van der Waals surface area contributed by atoms with Crippen LogP contribution in [0.5, 0.6) is 0 Å². The van der Waals surface area contributed by atoms with Crippen molar-refractivity contribution in [3.8, 4) is 6.07 Å². The number of azo groups is 1. The molecule has 0 unspecified atom stereocenters. The zero-order valence-corrected chi connectivity index (χ0v) is 15.0. The van der Waals surface area contributed by atoms with Crippen LogP contribution < -0.4 is 10.2 Å². The molecular formula is C20H19N5O2. The lowest BCUT2D eigenvalue weighted by Crippen LogP contribution is -2.35. The molecule has 1 fully saturated rings. The van der Waals surface area contributed by atoms with Crippen LogP contribution in [0.3, 0.4) is 0 Å². The van der Waals surface area contributed by atoms with Gasteiger partial charge in [0.2, 0.25) is 5.91 Å². The molecule has 1 aliphatic rings. The van der Waals surface area contributed by atoms with Crippen LogP contribution in [0, 0.1) is 18.3 Å². The van der Waals surface area contributed by atoms with Gasteiger partial charge in [-0.3, -0.25) is 4.79 Å². The number of benzene rings is 2. The molecule has 3 amide bonds. The predicted molar refractivity (Wildman–Crippen MR) is 102 cm³/mol. The van der Waals surface area contributed by atoms with Gasteiger partial charge in [-0.25, -0.2) is 4.79 Å². The molecule has 7 heteroatoms. The largest absolute Gasteiger partial charge is 0.364 e. The molecule has 2 aromatic rings. The van der Waals surface area contributed by atoms with E-state index in [0.717, 1.165) is 30.6 Å². The fraction of sp³-hybridized carbons (Fsp3) is 0.250. The second-order valence-corrected chi connectivity index (χ2v) is 6.30. The minimum absolute atomic E-state index is 0.134. The number of rotatable bonds is 3. The SMILES string of the molecule is Cc1cc(NC(=O)N=Nc2cccc(C#N)c2)ccc1N1CCCCC1=O. The molecule has 0 bridgehead atoms. The number of nitrogens with zero attached hydrogens (tertiary/aromatic N) is 4. The third-order valence-corrected chi connectivity index (χ3v) is 4.29. The molecule has 3 rings (SSSR count). The minimum Gasteiger partial charge on any atom is -0.312 e. The number of aryl methyl sites for hydroxylation is 1. The number of piperidine rings is 1. The van der Waals surface area contributed by atoms with Crippen molar-refractivity contribution in [2.45, 2.75) is 26.2 Å². The Labute approximate surface area is 157 Å². The van der Waals surface area contributed by atoms with Crippen LogP contribution in [0.25, 0.3) is 0 Å². The van der Waals surface area contributed by atoms with E-state index in [1.54, 1.807) is 41.3 Å². The van der Waals surface area contributed by atoms with Gasteiger partial charge in [0.25, 0.3) is 0 Å². The van der Waals surface area contributed by atoms with Crippen LogP contribution >= 0.6 is 0 Å². The summed E-state index contributed by atoms with van der Waals surface area (Å²) in [5, 5.41) is 19.0. The summed E-state index contributed by atoms with van der Waals surface area (Å²) in [6.45, 7) is 2.63. The number of carbonyl (C=O) groups excluding carboxylic acids is 2. The summed E-state index contributed by atoms with van der Waals surface area (Å²) in [6.07, 6.45) is 2.51. The van der Waals surface area contributed by atoms with E-state index in [2.05, 4.69) is 15.5 Å². The van der Waals surface area contributed by atoms with Crippen molar-refractivity contribution >= 4 is 29.0 Å². The van der Waals surface area contributed by atoms with E-state index in [0.29, 0.717) is 23.4 Å². The van der Waals surface area contributed by atoms with Gasteiger partial charge in [0.15, 0.2) is 0 Å². The van der Waals surface area contributed by atoms with Gasteiger partial charge >= 0.3 is 6.03 Å². The molecule has 0 spiro atoms. The van der Waals surface area contributed by atoms with Crippen molar-refractivity contribution in [3.05, 3.63) is 53.6 Å². The summed E-state index contributed by atoms with van der Waals surface area (Å²) in [7, 11) is 0. The molecule has 0 aromatic heterocycles. The van der Waals surface area contributed by atoms with E-state index < -0.39 is 6.03 Å². The number of hydrogen-bond acceptors (Lipinski definition) is 4. The Kier molecular flexibility index (Phi) is 5.57. The topological polar surface area (TPSA) is 97.9 Å². The van der Waals surface area contributed by atoms with Crippen LogP contribution in [-0.2, 0) is 4.79 Å². The van der Waals surface area contributed by atoms with Crippen molar-refractivity contribution in [1.29, 1.82) is 5.26 Å². The number of anilines is 2. The molecule has 1 saturated heterocycles. The van der Waals surface area contributed by atoms with Gasteiger partial charge in [0.05, 0.1) is 17.3 Å². The van der Waals surface area contributed by atoms with Crippen LogP contribution in [0.4, 0.5) is 21.9 Å². The number of urea groups is 1. The highest BCUT2D eigenvalue weighted by Gasteiger charge is 2.21. The highest BCUT2D eigenvalue weighted by molar-refractivity contribution is 5.95. The second kappa shape index (κ2) is 8.23. The quantitative estimate of drug-likeness (QED) is 0.802. The standard InChI is InChI=1S/C20H19N5O2/c1-14-11-16(8-9-18(14)25-10-3-2-7-19(25)26)22-20(27)24-23-17-6-4-5-15(12-17)13-21/h4-6,8-9,11-12H,2-3,7,10H2,1H3,(H,22,27). The Hall–Kier alpha value is -3.53. The Balaban J connectivity index is 1.67. The minimum atomic E-state index is -0.612. The maximum atomic E-state index is 12.1. The van der Waals surface area contributed by atoms with E-state index >= 15 is 0 Å². The Morgan fingerprint density at radius 3 is 2.81 bits per heavy atom. The molecule has 0 saturated carbocycles. The first kappa shape index (κ1) is 18.3. The second-order valence-electron chi connectivity index (χ2n) is 6.30. The van der Waals surface area contributed by atoms with Crippen molar-refractivity contribution < 1.29 is 9.59 Å². The zero-order valence-electron chi connectivity index (χ0n) is 15.0. The third kappa shape index (κ3) is 4.55. The van der Waals surface area contributed by atoms with Gasteiger partial charge in [-0.15, -0.1) is 5.11 Å². The Bertz CT molecular complexity index is 946. The summed E-state index contributed by atoms with van der Waals surface area (Å²) in [5.74, 6) is 0.134. The fourth-order valence-electron chi connectivity index (χ4n) is 2.99. The number of nitriles is 1. The molecule has 0 aliphatic carbocycles. The monoisotopic (exact) mass is 361 g/mol. The molecule has 1 aliphatic heterocycles. The molecule has 1 heterocycles. The summed E-state index contributed by atoms with van der Waals surface area (Å²) >= 11 is 0. The number of carbonyl (C=O) groups is 2. The van der Waals surface area contributed by atoms with E-state index in [4.69, 9.17) is 5.26 Å². The highest BCUT2D eigenvalue weighted by Crippen LogP contribution is 2.27. The molecule has 7 nitrogen and oxygen atoms in total. The fourth-order valence-corrected chi connectivity index (χ4v) is 2.99. The summed E-state index contributed by atoms with van der Waals surface area (Å²) in [4.78, 5) is 25.9. The number of nitrogens with one attached hydrogen (secondary N) is 1. The van der Waals surface area contributed by atoms with Crippen LogP contribution in [-0.4, -0.2) is 18.5 Å². The molecule has 1 N–H and O–H groups in total. The molecular weight excluding hydrogens is 342 g/mol. The van der Waals surface area contributed by atoms with Gasteiger partial charge in [-0.1, -0.05) is 11.2 Å². The number of amides is 3.